The van der Waals surface area contributed by atoms with Gasteiger partial charge in [0.2, 0.25) is 0 Å². The molecule has 1 fully saturated rings. The van der Waals surface area contributed by atoms with Gasteiger partial charge in [-0.05, 0) is 31.9 Å². The third kappa shape index (κ3) is 4.02. The van der Waals surface area contributed by atoms with Gasteiger partial charge in [0.1, 0.15) is 6.10 Å². The van der Waals surface area contributed by atoms with Gasteiger partial charge in [0.15, 0.2) is 0 Å². The van der Waals surface area contributed by atoms with Crippen molar-refractivity contribution in [3.8, 4) is 0 Å². The van der Waals surface area contributed by atoms with Crippen LogP contribution in [-0.4, -0.2) is 43.3 Å². The Kier molecular flexibility index (Phi) is 5.46. The minimum atomic E-state index is -0.593. The molecule has 1 aliphatic rings. The summed E-state index contributed by atoms with van der Waals surface area (Å²) in [5.41, 5.74) is 0.579. The van der Waals surface area contributed by atoms with Crippen LogP contribution in [0.15, 0.2) is 24.3 Å². The number of likely N-dealkylation sites (N-methyl/N-ethyl adjacent to an activating group) is 1. The minimum absolute atomic E-state index is 0.00715. The van der Waals surface area contributed by atoms with Crippen molar-refractivity contribution in [1.29, 1.82) is 0 Å². The molecule has 0 bridgehead atoms. The summed E-state index contributed by atoms with van der Waals surface area (Å²) in [6, 6.07) is 5.83. The normalized spacial score (nSPS) is 18.9. The molecular formula is C15H20N2O5. The summed E-state index contributed by atoms with van der Waals surface area (Å²) in [7, 11) is 1.62. The summed E-state index contributed by atoms with van der Waals surface area (Å²) in [6.45, 7) is 2.85. The first-order chi connectivity index (χ1) is 10.5. The number of carbonyl (C=O) groups excluding carboxylic acids is 1. The van der Waals surface area contributed by atoms with Gasteiger partial charge in [-0.15, -0.1) is 0 Å². The van der Waals surface area contributed by atoms with E-state index in [1.807, 2.05) is 0 Å². The van der Waals surface area contributed by atoms with Crippen molar-refractivity contribution in [1.82, 2.24) is 0 Å². The highest BCUT2D eigenvalue weighted by atomic mass is 16.6. The maximum atomic E-state index is 12.3. The lowest BCUT2D eigenvalue weighted by molar-refractivity contribution is -0.384. The largest absolute Gasteiger partial charge is 0.376 e. The average Bonchev–Trinajstić information content (AvgIpc) is 3.04. The zero-order chi connectivity index (χ0) is 16.1. The number of ether oxygens (including phenoxy) is 2. The third-order valence-electron chi connectivity index (χ3n) is 3.68. The molecule has 0 aromatic heterocycles. The lowest BCUT2D eigenvalue weighted by atomic mass is 10.2. The monoisotopic (exact) mass is 308 g/mol. The Bertz CT molecular complexity index is 525. The lowest BCUT2D eigenvalue weighted by Crippen LogP contribution is -2.37. The third-order valence-corrected chi connectivity index (χ3v) is 3.68. The molecule has 1 amide bonds. The van der Waals surface area contributed by atoms with Gasteiger partial charge in [-0.2, -0.15) is 0 Å². The first kappa shape index (κ1) is 16.4. The summed E-state index contributed by atoms with van der Waals surface area (Å²) >= 11 is 0. The van der Waals surface area contributed by atoms with Crippen LogP contribution in [0.4, 0.5) is 11.4 Å². The van der Waals surface area contributed by atoms with Gasteiger partial charge in [-0.1, -0.05) is 0 Å². The van der Waals surface area contributed by atoms with Crippen LogP contribution in [0.5, 0.6) is 0 Å². The highest BCUT2D eigenvalue weighted by Crippen LogP contribution is 2.19. The van der Waals surface area contributed by atoms with Gasteiger partial charge >= 0.3 is 0 Å². The second-order valence-electron chi connectivity index (χ2n) is 5.28. The number of nitro benzene ring substituents is 1. The van der Waals surface area contributed by atoms with E-state index in [9.17, 15) is 14.9 Å². The Morgan fingerprint density at radius 2 is 2.18 bits per heavy atom. The summed E-state index contributed by atoms with van der Waals surface area (Å²) in [5, 5.41) is 10.6. The molecule has 1 aliphatic heterocycles. The predicted octanol–water partition coefficient (Wildman–Crippen LogP) is 2.14. The lowest BCUT2D eigenvalue weighted by Gasteiger charge is -2.22. The van der Waals surface area contributed by atoms with E-state index < -0.39 is 11.0 Å². The van der Waals surface area contributed by atoms with E-state index in [-0.39, 0.29) is 17.7 Å². The number of nitro groups is 1. The molecule has 1 aromatic rings. The number of amides is 1. The number of non-ortho nitro benzene ring substituents is 1. The van der Waals surface area contributed by atoms with E-state index in [0.29, 0.717) is 12.3 Å². The molecule has 0 unspecified atom stereocenters. The molecule has 1 aromatic carbocycles. The number of benzene rings is 1. The molecule has 1 saturated heterocycles. The van der Waals surface area contributed by atoms with Crippen LogP contribution < -0.4 is 4.90 Å². The quantitative estimate of drug-likeness (QED) is 0.594. The van der Waals surface area contributed by atoms with E-state index in [1.165, 1.54) is 17.0 Å². The number of anilines is 1. The Morgan fingerprint density at radius 1 is 1.50 bits per heavy atom. The fourth-order valence-electron chi connectivity index (χ4n) is 2.30. The van der Waals surface area contributed by atoms with Crippen molar-refractivity contribution in [2.24, 2.45) is 0 Å². The fourth-order valence-corrected chi connectivity index (χ4v) is 2.30. The minimum Gasteiger partial charge on any atom is -0.376 e. The summed E-state index contributed by atoms with van der Waals surface area (Å²) in [4.78, 5) is 23.9. The Hall–Kier alpha value is -1.99. The van der Waals surface area contributed by atoms with Crippen LogP contribution in [0, 0.1) is 10.1 Å². The molecular weight excluding hydrogens is 288 g/mol. The van der Waals surface area contributed by atoms with Gasteiger partial charge in [0, 0.05) is 31.5 Å². The van der Waals surface area contributed by atoms with Crippen molar-refractivity contribution in [3.63, 3.8) is 0 Å². The smallest absolute Gasteiger partial charge is 0.269 e. The number of rotatable bonds is 6. The molecule has 120 valence electrons. The zero-order valence-electron chi connectivity index (χ0n) is 12.7. The maximum absolute atomic E-state index is 12.3. The van der Waals surface area contributed by atoms with Gasteiger partial charge < -0.3 is 14.4 Å². The number of hydrogen-bond donors (Lipinski definition) is 0. The highest BCUT2D eigenvalue weighted by molar-refractivity contribution is 5.95. The average molecular weight is 308 g/mol. The predicted molar refractivity (Wildman–Crippen MR) is 80.9 cm³/mol. The number of carbonyl (C=O) groups is 1. The van der Waals surface area contributed by atoms with Crippen molar-refractivity contribution >= 4 is 17.3 Å². The van der Waals surface area contributed by atoms with Crippen molar-refractivity contribution < 1.29 is 19.2 Å². The Balaban J connectivity index is 1.90. The molecule has 7 heteroatoms. The summed E-state index contributed by atoms with van der Waals surface area (Å²) in [5.74, 6) is -0.202. The first-order valence-electron chi connectivity index (χ1n) is 7.24. The maximum Gasteiger partial charge on any atom is 0.269 e. The molecule has 2 atom stereocenters. The molecule has 0 N–H and O–H groups in total. The van der Waals surface area contributed by atoms with Crippen LogP contribution in [-0.2, 0) is 14.3 Å². The molecule has 0 saturated carbocycles. The molecule has 1 heterocycles. The molecule has 0 spiro atoms. The fraction of sp³-hybridized carbons (Fsp3) is 0.533. The highest BCUT2D eigenvalue weighted by Gasteiger charge is 2.23. The van der Waals surface area contributed by atoms with E-state index in [4.69, 9.17) is 9.47 Å². The van der Waals surface area contributed by atoms with Crippen molar-refractivity contribution in [2.45, 2.75) is 32.0 Å². The Labute approximate surface area is 129 Å². The zero-order valence-corrected chi connectivity index (χ0v) is 12.7. The van der Waals surface area contributed by atoms with Gasteiger partial charge in [-0.3, -0.25) is 14.9 Å². The second-order valence-corrected chi connectivity index (χ2v) is 5.28. The topological polar surface area (TPSA) is 81.9 Å². The molecule has 0 aliphatic carbocycles. The van der Waals surface area contributed by atoms with Crippen LogP contribution >= 0.6 is 0 Å². The van der Waals surface area contributed by atoms with Crippen LogP contribution in [0.1, 0.15) is 19.8 Å². The molecule has 22 heavy (non-hydrogen) atoms. The van der Waals surface area contributed by atoms with Crippen LogP contribution in [0.2, 0.25) is 0 Å². The van der Waals surface area contributed by atoms with Crippen molar-refractivity contribution in [3.05, 3.63) is 34.4 Å². The summed E-state index contributed by atoms with van der Waals surface area (Å²) < 4.78 is 11.0. The van der Waals surface area contributed by atoms with E-state index >= 15 is 0 Å². The first-order valence-corrected chi connectivity index (χ1v) is 7.24. The van der Waals surface area contributed by atoms with Crippen molar-refractivity contribution in [2.75, 3.05) is 25.2 Å². The second kappa shape index (κ2) is 7.33. The SMILES string of the molecule is C[C@@H](OC[C@H]1CCCO1)C(=O)N(C)c1ccc([N+](=O)[O-])cc1. The van der Waals surface area contributed by atoms with Crippen LogP contribution in [0.25, 0.3) is 0 Å². The van der Waals surface area contributed by atoms with E-state index in [1.54, 1.807) is 26.1 Å². The number of nitrogens with zero attached hydrogens (tertiary/aromatic N) is 2. The van der Waals surface area contributed by atoms with Gasteiger partial charge in [0.05, 0.1) is 17.6 Å². The van der Waals surface area contributed by atoms with E-state index in [0.717, 1.165) is 19.4 Å². The molecule has 0 radical (unpaired) electrons. The van der Waals surface area contributed by atoms with E-state index in [2.05, 4.69) is 0 Å². The standard InChI is InChI=1S/C15H20N2O5/c1-11(22-10-14-4-3-9-21-14)15(18)16(2)12-5-7-13(8-6-12)17(19)20/h5-8,11,14H,3-4,9-10H2,1-2H3/t11-,14-/m1/s1. The number of hydrogen-bond acceptors (Lipinski definition) is 5. The van der Waals surface area contributed by atoms with Gasteiger partial charge in [0.25, 0.3) is 11.6 Å². The molecule has 2 rings (SSSR count). The Morgan fingerprint density at radius 3 is 2.73 bits per heavy atom. The molecule has 7 nitrogen and oxygen atoms in total. The van der Waals surface area contributed by atoms with Gasteiger partial charge in [-0.25, -0.2) is 0 Å². The summed E-state index contributed by atoms with van der Waals surface area (Å²) in [6.07, 6.45) is 1.46. The van der Waals surface area contributed by atoms with Crippen LogP contribution in [0.3, 0.4) is 0 Å².